The van der Waals surface area contributed by atoms with E-state index in [2.05, 4.69) is 32.0 Å². The van der Waals surface area contributed by atoms with Gasteiger partial charge in [-0.3, -0.25) is 0 Å². The number of hydrogen-bond acceptors (Lipinski definition) is 1. The molecule has 70 valence electrons. The zero-order valence-electron chi connectivity index (χ0n) is 8.34. The minimum absolute atomic E-state index is 0.704. The van der Waals surface area contributed by atoms with Crippen LogP contribution in [0.2, 0.25) is 0 Å². The van der Waals surface area contributed by atoms with Crippen molar-refractivity contribution in [3.63, 3.8) is 0 Å². The molecule has 0 radical (unpaired) electrons. The van der Waals surface area contributed by atoms with Gasteiger partial charge in [0.2, 0.25) is 0 Å². The van der Waals surface area contributed by atoms with Crippen LogP contribution in [0.25, 0.3) is 0 Å². The quantitative estimate of drug-likeness (QED) is 0.673. The van der Waals surface area contributed by atoms with E-state index in [1.807, 2.05) is 0 Å². The Labute approximate surface area is 79.7 Å². The maximum absolute atomic E-state index is 5.63. The van der Waals surface area contributed by atoms with Gasteiger partial charge in [-0.2, -0.15) is 0 Å². The summed E-state index contributed by atoms with van der Waals surface area (Å²) < 4.78 is 5.63. The molecule has 1 aromatic carbocycles. The van der Waals surface area contributed by atoms with Crippen LogP contribution in [0.4, 0.5) is 0 Å². The van der Waals surface area contributed by atoms with Gasteiger partial charge in [-0.05, 0) is 23.5 Å². The zero-order chi connectivity index (χ0) is 9.26. The normalized spacial score (nSPS) is 14.4. The monoisotopic (exact) mass is 176 g/mol. The van der Waals surface area contributed by atoms with Crippen LogP contribution in [-0.2, 0) is 12.8 Å². The summed E-state index contributed by atoms with van der Waals surface area (Å²) in [5.41, 5.74) is 2.77. The molecule has 0 unspecified atom stereocenters. The molecule has 0 fully saturated rings. The molecule has 1 heteroatoms. The van der Waals surface area contributed by atoms with Gasteiger partial charge in [0, 0.05) is 6.42 Å². The molecule has 0 saturated heterocycles. The number of ether oxygens (including phenoxy) is 1. The van der Waals surface area contributed by atoms with Gasteiger partial charge in [-0.1, -0.05) is 32.0 Å². The summed E-state index contributed by atoms with van der Waals surface area (Å²) in [6.07, 6.45) is 2.21. The highest BCUT2D eigenvalue weighted by Gasteiger charge is 2.15. The SMILES string of the molecule is CC(C)Cc1cccc2c1OCC2. The summed E-state index contributed by atoms with van der Waals surface area (Å²) in [5.74, 6) is 1.87. The van der Waals surface area contributed by atoms with Gasteiger partial charge < -0.3 is 4.74 Å². The second kappa shape index (κ2) is 3.41. The first kappa shape index (κ1) is 8.61. The Balaban J connectivity index is 2.30. The van der Waals surface area contributed by atoms with Crippen molar-refractivity contribution in [1.82, 2.24) is 0 Å². The van der Waals surface area contributed by atoms with E-state index in [4.69, 9.17) is 4.74 Å². The van der Waals surface area contributed by atoms with Crippen LogP contribution in [0.3, 0.4) is 0 Å². The van der Waals surface area contributed by atoms with E-state index in [-0.39, 0.29) is 0 Å². The number of rotatable bonds is 2. The lowest BCUT2D eigenvalue weighted by atomic mass is 10.00. The molecule has 0 N–H and O–H groups in total. The molecular weight excluding hydrogens is 160 g/mol. The van der Waals surface area contributed by atoms with Gasteiger partial charge in [0.15, 0.2) is 0 Å². The van der Waals surface area contributed by atoms with Crippen molar-refractivity contribution >= 4 is 0 Å². The molecule has 0 aliphatic carbocycles. The molecule has 1 aromatic rings. The lowest BCUT2D eigenvalue weighted by Crippen LogP contribution is -1.97. The van der Waals surface area contributed by atoms with Gasteiger partial charge in [-0.15, -0.1) is 0 Å². The maximum Gasteiger partial charge on any atom is 0.125 e. The highest BCUT2D eigenvalue weighted by Crippen LogP contribution is 2.30. The van der Waals surface area contributed by atoms with Crippen LogP contribution >= 0.6 is 0 Å². The number of hydrogen-bond donors (Lipinski definition) is 0. The third kappa shape index (κ3) is 1.69. The van der Waals surface area contributed by atoms with Crippen molar-refractivity contribution in [3.8, 4) is 5.75 Å². The van der Waals surface area contributed by atoms with Gasteiger partial charge in [0.1, 0.15) is 5.75 Å². The van der Waals surface area contributed by atoms with E-state index < -0.39 is 0 Å². The Morgan fingerprint density at radius 1 is 1.38 bits per heavy atom. The van der Waals surface area contributed by atoms with E-state index in [9.17, 15) is 0 Å². The summed E-state index contributed by atoms with van der Waals surface area (Å²) >= 11 is 0. The molecule has 0 aromatic heterocycles. The first-order valence-corrected chi connectivity index (χ1v) is 5.01. The van der Waals surface area contributed by atoms with Gasteiger partial charge in [0.25, 0.3) is 0 Å². The van der Waals surface area contributed by atoms with E-state index >= 15 is 0 Å². The highest BCUT2D eigenvalue weighted by atomic mass is 16.5. The molecule has 1 nitrogen and oxygen atoms in total. The smallest absolute Gasteiger partial charge is 0.125 e. The Morgan fingerprint density at radius 2 is 2.23 bits per heavy atom. The van der Waals surface area contributed by atoms with E-state index in [1.54, 1.807) is 0 Å². The first-order valence-electron chi connectivity index (χ1n) is 5.01. The average Bonchev–Trinajstić information content (AvgIpc) is 2.51. The lowest BCUT2D eigenvalue weighted by Gasteiger charge is -2.09. The molecule has 1 heterocycles. The Hall–Kier alpha value is -0.980. The molecule has 0 saturated carbocycles. The Kier molecular flexibility index (Phi) is 2.26. The van der Waals surface area contributed by atoms with Crippen molar-refractivity contribution < 1.29 is 4.74 Å². The summed E-state index contributed by atoms with van der Waals surface area (Å²) in [6, 6.07) is 6.50. The predicted octanol–water partition coefficient (Wildman–Crippen LogP) is 2.82. The second-order valence-corrected chi connectivity index (χ2v) is 4.10. The maximum atomic E-state index is 5.63. The van der Waals surface area contributed by atoms with Crippen LogP contribution < -0.4 is 4.74 Å². The average molecular weight is 176 g/mol. The standard InChI is InChI=1S/C12H16O/c1-9(2)8-11-5-3-4-10-6-7-13-12(10)11/h3-5,9H,6-8H2,1-2H3. The van der Waals surface area contributed by atoms with E-state index in [0.29, 0.717) is 5.92 Å². The molecule has 1 aliphatic rings. The number of fused-ring (bicyclic) bond motifs is 1. The van der Waals surface area contributed by atoms with Gasteiger partial charge >= 0.3 is 0 Å². The molecule has 2 rings (SSSR count). The summed E-state index contributed by atoms with van der Waals surface area (Å²) in [4.78, 5) is 0. The zero-order valence-corrected chi connectivity index (χ0v) is 8.34. The van der Waals surface area contributed by atoms with Crippen molar-refractivity contribution in [2.75, 3.05) is 6.61 Å². The fourth-order valence-corrected chi connectivity index (χ4v) is 1.88. The van der Waals surface area contributed by atoms with Crippen molar-refractivity contribution in [2.24, 2.45) is 5.92 Å². The van der Waals surface area contributed by atoms with Gasteiger partial charge in [0.05, 0.1) is 6.61 Å². The molecule has 0 bridgehead atoms. The molecule has 0 amide bonds. The fraction of sp³-hybridized carbons (Fsp3) is 0.500. The lowest BCUT2D eigenvalue weighted by molar-refractivity contribution is 0.352. The Morgan fingerprint density at radius 3 is 3.00 bits per heavy atom. The third-order valence-corrected chi connectivity index (χ3v) is 2.42. The summed E-state index contributed by atoms with van der Waals surface area (Å²) in [6.45, 7) is 5.35. The first-order chi connectivity index (χ1) is 6.27. The van der Waals surface area contributed by atoms with Crippen LogP contribution in [0, 0.1) is 5.92 Å². The summed E-state index contributed by atoms with van der Waals surface area (Å²) in [7, 11) is 0. The number of para-hydroxylation sites is 1. The molecular formula is C12H16O. The van der Waals surface area contributed by atoms with Crippen molar-refractivity contribution in [1.29, 1.82) is 0 Å². The number of benzene rings is 1. The largest absolute Gasteiger partial charge is 0.493 e. The van der Waals surface area contributed by atoms with Gasteiger partial charge in [-0.25, -0.2) is 0 Å². The van der Waals surface area contributed by atoms with Crippen LogP contribution in [0.1, 0.15) is 25.0 Å². The fourth-order valence-electron chi connectivity index (χ4n) is 1.88. The Bertz CT molecular complexity index is 302. The minimum atomic E-state index is 0.704. The van der Waals surface area contributed by atoms with Crippen molar-refractivity contribution in [3.05, 3.63) is 29.3 Å². The van der Waals surface area contributed by atoms with E-state index in [0.717, 1.165) is 25.2 Å². The van der Waals surface area contributed by atoms with Crippen LogP contribution in [0.5, 0.6) is 5.75 Å². The minimum Gasteiger partial charge on any atom is -0.493 e. The van der Waals surface area contributed by atoms with Crippen molar-refractivity contribution in [2.45, 2.75) is 26.7 Å². The second-order valence-electron chi connectivity index (χ2n) is 4.10. The molecule has 13 heavy (non-hydrogen) atoms. The summed E-state index contributed by atoms with van der Waals surface area (Å²) in [5, 5.41) is 0. The predicted molar refractivity (Wildman–Crippen MR) is 54.2 cm³/mol. The highest BCUT2D eigenvalue weighted by molar-refractivity contribution is 5.44. The topological polar surface area (TPSA) is 9.23 Å². The molecule has 1 aliphatic heterocycles. The molecule has 0 atom stereocenters. The van der Waals surface area contributed by atoms with Crippen LogP contribution in [0.15, 0.2) is 18.2 Å². The van der Waals surface area contributed by atoms with E-state index in [1.165, 1.54) is 11.1 Å². The van der Waals surface area contributed by atoms with Crippen LogP contribution in [-0.4, -0.2) is 6.61 Å². The molecule has 0 spiro atoms. The third-order valence-electron chi connectivity index (χ3n) is 2.42.